The third-order valence-electron chi connectivity index (χ3n) is 11.7. The average Bonchev–Trinajstić information content (AvgIpc) is 3.59. The van der Waals surface area contributed by atoms with Crippen LogP contribution in [0.25, 0.3) is 44.5 Å². The summed E-state index contributed by atoms with van der Waals surface area (Å²) in [5, 5.41) is 0. The Morgan fingerprint density at radius 1 is 0.469 bits per heavy atom. The van der Waals surface area contributed by atoms with E-state index in [0.29, 0.717) is 9.79 Å². The second kappa shape index (κ2) is 9.48. The van der Waals surface area contributed by atoms with Crippen molar-refractivity contribution in [1.82, 2.24) is 0 Å². The van der Waals surface area contributed by atoms with E-state index in [1.807, 2.05) is 24.3 Å². The van der Waals surface area contributed by atoms with Gasteiger partial charge in [0.25, 0.3) is 0 Å². The quantitative estimate of drug-likeness (QED) is 0.166. The zero-order valence-electron chi connectivity index (χ0n) is 27.7. The Morgan fingerprint density at radius 3 is 1.67 bits per heavy atom. The van der Waals surface area contributed by atoms with Crippen molar-refractivity contribution in [3.8, 4) is 44.5 Å². The number of hydrogen-bond acceptors (Lipinski definition) is 4. The highest BCUT2D eigenvalue weighted by Crippen LogP contribution is 2.64. The summed E-state index contributed by atoms with van der Waals surface area (Å²) in [6, 6.07) is 44.0. The van der Waals surface area contributed by atoms with Crippen molar-refractivity contribution < 1.29 is 17.7 Å². The second-order valence-electron chi connectivity index (χ2n) is 14.6. The highest BCUT2D eigenvalue weighted by molar-refractivity contribution is 7.92. The van der Waals surface area contributed by atoms with Gasteiger partial charge in [-0.3, -0.25) is 0 Å². The Balaban J connectivity index is 1.35. The van der Waals surface area contributed by atoms with Crippen LogP contribution in [0.1, 0.15) is 49.9 Å². The van der Waals surface area contributed by atoms with E-state index < -0.39 is 33.6 Å². The van der Waals surface area contributed by atoms with Crippen molar-refractivity contribution in [1.29, 1.82) is 0 Å². The van der Waals surface area contributed by atoms with Gasteiger partial charge in [-0.1, -0.05) is 115 Å². The molecule has 238 valence electrons. The van der Waals surface area contributed by atoms with Gasteiger partial charge in [-0.05, 0) is 101 Å². The highest BCUT2D eigenvalue weighted by atomic mass is 32.2. The lowest BCUT2D eigenvalue weighted by molar-refractivity contribution is 0.00578. The van der Waals surface area contributed by atoms with Crippen molar-refractivity contribution in [3.63, 3.8) is 0 Å². The molecule has 6 heteroatoms. The van der Waals surface area contributed by atoms with E-state index in [9.17, 15) is 8.42 Å². The van der Waals surface area contributed by atoms with E-state index in [1.165, 1.54) is 5.56 Å². The molecule has 1 atom stereocenters. The van der Waals surface area contributed by atoms with E-state index >= 15 is 0 Å². The Bertz CT molecular complexity index is 2530. The molecule has 1 unspecified atom stereocenters. The monoisotopic (exact) mass is 656 g/mol. The minimum atomic E-state index is -3.67. The Kier molecular flexibility index (Phi) is 5.65. The van der Waals surface area contributed by atoms with Gasteiger partial charge in [0.05, 0.1) is 26.4 Å². The lowest BCUT2D eigenvalue weighted by atomic mass is 9.64. The Morgan fingerprint density at radius 2 is 0.980 bits per heavy atom. The second-order valence-corrected chi connectivity index (χ2v) is 16.5. The SMILES string of the molecule is CC1(C)OB(c2ccc3c(c2)-c2ccccc2-c2ccccc2C32c3ccccc3-c3c2ccc2c3-c3ccccc3S2(=O)=O)OC1(C)C. The first-order valence-corrected chi connectivity index (χ1v) is 18.4. The molecule has 0 radical (unpaired) electrons. The van der Waals surface area contributed by atoms with Gasteiger partial charge in [0.15, 0.2) is 0 Å². The van der Waals surface area contributed by atoms with Gasteiger partial charge in [-0.25, -0.2) is 8.42 Å². The molecule has 1 saturated heterocycles. The Hall–Kier alpha value is -4.75. The fourth-order valence-electron chi connectivity index (χ4n) is 8.83. The standard InChI is InChI=1S/C43H33BO4S/c1-41(2)42(3,4)48-44(47-41)26-21-22-35-32(25-26)28-14-6-5-13-27(28)29-15-7-10-18-33(29)43(35)34-19-11-8-16-30(34)39-36(43)23-24-38-40(39)31-17-9-12-20-37(31)49(38,45)46/h5-25H,1-4H3. The molecule has 1 spiro atoms. The van der Waals surface area contributed by atoms with E-state index in [-0.39, 0.29) is 0 Å². The van der Waals surface area contributed by atoms with Crippen molar-refractivity contribution >= 4 is 22.4 Å². The molecule has 0 saturated carbocycles. The van der Waals surface area contributed by atoms with Gasteiger partial charge in [-0.15, -0.1) is 0 Å². The van der Waals surface area contributed by atoms with Crippen molar-refractivity contribution in [2.75, 3.05) is 0 Å². The molecular formula is C43H33BO4S. The molecule has 2 aliphatic carbocycles. The van der Waals surface area contributed by atoms with E-state index in [1.54, 1.807) is 6.07 Å². The topological polar surface area (TPSA) is 52.6 Å². The van der Waals surface area contributed by atoms with Crippen LogP contribution in [-0.4, -0.2) is 26.7 Å². The molecule has 2 heterocycles. The third-order valence-corrected chi connectivity index (χ3v) is 13.6. The minimum Gasteiger partial charge on any atom is -0.399 e. The highest BCUT2D eigenvalue weighted by Gasteiger charge is 2.54. The smallest absolute Gasteiger partial charge is 0.399 e. The van der Waals surface area contributed by atoms with Crippen LogP contribution in [0.2, 0.25) is 0 Å². The fourth-order valence-corrected chi connectivity index (χ4v) is 10.5. The van der Waals surface area contributed by atoms with E-state index in [4.69, 9.17) is 9.31 Å². The summed E-state index contributed by atoms with van der Waals surface area (Å²) in [7, 11) is -4.18. The van der Waals surface area contributed by atoms with Crippen LogP contribution in [0.15, 0.2) is 137 Å². The number of benzene rings is 6. The fraction of sp³-hybridized carbons (Fsp3) is 0.163. The van der Waals surface area contributed by atoms with Crippen LogP contribution in [-0.2, 0) is 24.6 Å². The first-order chi connectivity index (χ1) is 23.6. The molecule has 10 rings (SSSR count). The van der Waals surface area contributed by atoms with Gasteiger partial charge >= 0.3 is 7.12 Å². The summed E-state index contributed by atoms with van der Waals surface area (Å²) in [6.45, 7) is 8.34. The summed E-state index contributed by atoms with van der Waals surface area (Å²) >= 11 is 0. The van der Waals surface area contributed by atoms with Gasteiger partial charge in [-0.2, -0.15) is 0 Å². The Labute approximate surface area is 287 Å². The zero-order valence-corrected chi connectivity index (χ0v) is 28.6. The maximum absolute atomic E-state index is 14.0. The van der Waals surface area contributed by atoms with Crippen molar-refractivity contribution in [2.24, 2.45) is 0 Å². The molecule has 2 aliphatic heterocycles. The predicted octanol–water partition coefficient (Wildman–Crippen LogP) is 8.81. The molecule has 0 amide bonds. The molecule has 1 fully saturated rings. The molecule has 49 heavy (non-hydrogen) atoms. The molecule has 6 aromatic rings. The summed E-state index contributed by atoms with van der Waals surface area (Å²) in [5.74, 6) is 0. The van der Waals surface area contributed by atoms with E-state index in [0.717, 1.165) is 66.7 Å². The minimum absolute atomic E-state index is 0.373. The lowest BCUT2D eigenvalue weighted by Crippen LogP contribution is -2.41. The average molecular weight is 657 g/mol. The lowest BCUT2D eigenvalue weighted by Gasteiger charge is -2.35. The van der Waals surface area contributed by atoms with Crippen LogP contribution < -0.4 is 5.46 Å². The van der Waals surface area contributed by atoms with Gasteiger partial charge in [0, 0.05) is 11.1 Å². The first-order valence-electron chi connectivity index (χ1n) is 16.9. The van der Waals surface area contributed by atoms with Gasteiger partial charge in [0.2, 0.25) is 9.84 Å². The van der Waals surface area contributed by atoms with Gasteiger partial charge in [0.1, 0.15) is 0 Å². The molecular weight excluding hydrogens is 623 g/mol. The molecule has 0 bridgehead atoms. The first kappa shape index (κ1) is 29.2. The predicted molar refractivity (Wildman–Crippen MR) is 195 cm³/mol. The van der Waals surface area contributed by atoms with Crippen LogP contribution >= 0.6 is 0 Å². The summed E-state index contributed by atoms with van der Waals surface area (Å²) < 4.78 is 41.1. The number of hydrogen-bond donors (Lipinski definition) is 0. The van der Waals surface area contributed by atoms with Crippen LogP contribution in [0, 0.1) is 0 Å². The van der Waals surface area contributed by atoms with Crippen molar-refractivity contribution in [2.45, 2.75) is 54.1 Å². The third kappa shape index (κ3) is 3.54. The molecule has 6 aromatic carbocycles. The zero-order chi connectivity index (χ0) is 33.5. The van der Waals surface area contributed by atoms with Crippen molar-refractivity contribution in [3.05, 3.63) is 150 Å². The van der Waals surface area contributed by atoms with Crippen LogP contribution in [0.4, 0.5) is 0 Å². The molecule has 0 N–H and O–H groups in total. The molecule has 4 nitrogen and oxygen atoms in total. The van der Waals surface area contributed by atoms with Crippen LogP contribution in [0.5, 0.6) is 0 Å². The van der Waals surface area contributed by atoms with E-state index in [2.05, 4.69) is 125 Å². The van der Waals surface area contributed by atoms with Gasteiger partial charge < -0.3 is 9.31 Å². The number of rotatable bonds is 1. The number of sulfone groups is 1. The maximum Gasteiger partial charge on any atom is 0.494 e. The largest absolute Gasteiger partial charge is 0.494 e. The molecule has 0 aromatic heterocycles. The van der Waals surface area contributed by atoms with Crippen LogP contribution in [0.3, 0.4) is 0 Å². The summed E-state index contributed by atoms with van der Waals surface area (Å²) in [4.78, 5) is 0.749. The number of fused-ring (bicyclic) bond motifs is 16. The maximum atomic E-state index is 14.0. The molecule has 4 aliphatic rings. The normalized spacial score (nSPS) is 20.8. The summed E-state index contributed by atoms with van der Waals surface area (Å²) in [6.07, 6.45) is 0. The summed E-state index contributed by atoms with van der Waals surface area (Å²) in [5.41, 5.74) is 12.0.